The van der Waals surface area contributed by atoms with Crippen LogP contribution in [0.4, 0.5) is 5.69 Å². The maximum absolute atomic E-state index is 12.3. The highest BCUT2D eigenvalue weighted by atomic mass is 32.1. The summed E-state index contributed by atoms with van der Waals surface area (Å²) in [6, 6.07) is 13.7. The first kappa shape index (κ1) is 17.5. The number of hydrogen-bond acceptors (Lipinski definition) is 5. The lowest BCUT2D eigenvalue weighted by Crippen LogP contribution is -2.15. The smallest absolute Gasteiger partial charge is 0.231 e. The minimum atomic E-state index is -0.0673. The molecular formula is C21H20N2O3S. The molecule has 5 nitrogen and oxygen atoms in total. The number of amides is 1. The van der Waals surface area contributed by atoms with Crippen LogP contribution in [0.25, 0.3) is 11.3 Å². The fourth-order valence-corrected chi connectivity index (χ4v) is 3.70. The quantitative estimate of drug-likeness (QED) is 0.716. The van der Waals surface area contributed by atoms with Gasteiger partial charge in [0.1, 0.15) is 18.2 Å². The van der Waals surface area contributed by atoms with Gasteiger partial charge < -0.3 is 14.8 Å². The minimum Gasteiger partial charge on any atom is -0.486 e. The molecule has 0 bridgehead atoms. The molecule has 1 N–H and O–H groups in total. The molecule has 3 aromatic rings. The van der Waals surface area contributed by atoms with E-state index in [-0.39, 0.29) is 12.3 Å². The molecule has 0 fully saturated rings. The van der Waals surface area contributed by atoms with Gasteiger partial charge in [0.2, 0.25) is 5.91 Å². The lowest BCUT2D eigenvalue weighted by molar-refractivity contribution is -0.115. The average molecular weight is 380 g/mol. The topological polar surface area (TPSA) is 60.5 Å². The molecule has 0 spiro atoms. The maximum Gasteiger partial charge on any atom is 0.231 e. The summed E-state index contributed by atoms with van der Waals surface area (Å²) in [5.41, 5.74) is 3.85. The van der Waals surface area contributed by atoms with Crippen LogP contribution in [-0.4, -0.2) is 24.1 Å². The number of anilines is 1. The summed E-state index contributed by atoms with van der Waals surface area (Å²) in [6.07, 6.45) is 1.24. The van der Waals surface area contributed by atoms with Gasteiger partial charge in [0.15, 0.2) is 11.5 Å². The third-order valence-corrected chi connectivity index (χ3v) is 5.20. The first-order valence-electron chi connectivity index (χ1n) is 8.94. The molecule has 0 unspecified atom stereocenters. The molecule has 0 aliphatic carbocycles. The van der Waals surface area contributed by atoms with Crippen molar-refractivity contribution in [3.05, 3.63) is 58.4 Å². The monoisotopic (exact) mass is 380 g/mol. The fourth-order valence-electron chi connectivity index (χ4n) is 2.89. The normalized spacial score (nSPS) is 12.6. The van der Waals surface area contributed by atoms with Crippen LogP contribution < -0.4 is 14.8 Å². The molecule has 138 valence electrons. The SMILES string of the molecule is CCc1ccc(NC(=O)Cc2nc(-c3ccc4c(c3)OCCO4)cs2)cc1. The number of ether oxygens (including phenoxy) is 2. The Morgan fingerprint density at radius 1 is 1.11 bits per heavy atom. The Balaban J connectivity index is 1.42. The molecule has 6 heteroatoms. The van der Waals surface area contributed by atoms with Crippen LogP contribution in [0.3, 0.4) is 0 Å². The second-order valence-electron chi connectivity index (χ2n) is 6.26. The summed E-state index contributed by atoms with van der Waals surface area (Å²) in [6.45, 7) is 3.23. The zero-order valence-corrected chi connectivity index (χ0v) is 15.8. The van der Waals surface area contributed by atoms with Crippen molar-refractivity contribution in [2.75, 3.05) is 18.5 Å². The van der Waals surface area contributed by atoms with Crippen molar-refractivity contribution in [3.63, 3.8) is 0 Å². The Labute approximate surface area is 162 Å². The molecule has 1 aliphatic heterocycles. The summed E-state index contributed by atoms with van der Waals surface area (Å²) in [5.74, 6) is 1.43. The molecule has 1 aliphatic rings. The number of aromatic nitrogens is 1. The number of carbonyl (C=O) groups excluding carboxylic acids is 1. The molecular weight excluding hydrogens is 360 g/mol. The molecule has 0 saturated carbocycles. The van der Waals surface area contributed by atoms with Gasteiger partial charge in [0.25, 0.3) is 0 Å². The standard InChI is InChI=1S/C21H20N2O3S/c1-2-14-3-6-16(7-4-14)22-20(24)12-21-23-17(13-27-21)15-5-8-18-19(11-15)26-10-9-25-18/h3-8,11,13H,2,9-10,12H2,1H3,(H,22,24). The summed E-state index contributed by atoms with van der Waals surface area (Å²) in [4.78, 5) is 16.9. The molecule has 0 atom stereocenters. The Morgan fingerprint density at radius 3 is 2.67 bits per heavy atom. The Morgan fingerprint density at radius 2 is 1.89 bits per heavy atom. The maximum atomic E-state index is 12.3. The van der Waals surface area contributed by atoms with E-state index in [2.05, 4.69) is 17.2 Å². The van der Waals surface area contributed by atoms with Crippen molar-refractivity contribution in [1.82, 2.24) is 4.98 Å². The van der Waals surface area contributed by atoms with Crippen LogP contribution in [0.15, 0.2) is 47.8 Å². The lowest BCUT2D eigenvalue weighted by Gasteiger charge is -2.18. The van der Waals surface area contributed by atoms with Crippen molar-refractivity contribution in [2.24, 2.45) is 0 Å². The first-order chi connectivity index (χ1) is 13.2. The van der Waals surface area contributed by atoms with Gasteiger partial charge in [-0.25, -0.2) is 4.98 Å². The highest BCUT2D eigenvalue weighted by Crippen LogP contribution is 2.34. The largest absolute Gasteiger partial charge is 0.486 e. The van der Waals surface area contributed by atoms with Gasteiger partial charge in [-0.1, -0.05) is 19.1 Å². The van der Waals surface area contributed by atoms with Gasteiger partial charge in [-0.15, -0.1) is 11.3 Å². The zero-order chi connectivity index (χ0) is 18.6. The van der Waals surface area contributed by atoms with Crippen molar-refractivity contribution in [3.8, 4) is 22.8 Å². The molecule has 2 heterocycles. The highest BCUT2D eigenvalue weighted by Gasteiger charge is 2.14. The van der Waals surface area contributed by atoms with E-state index in [4.69, 9.17) is 9.47 Å². The fraction of sp³-hybridized carbons (Fsp3) is 0.238. The van der Waals surface area contributed by atoms with E-state index in [1.807, 2.05) is 47.8 Å². The third-order valence-electron chi connectivity index (χ3n) is 4.35. The Bertz CT molecular complexity index is 950. The van der Waals surface area contributed by atoms with Crippen LogP contribution in [0.1, 0.15) is 17.5 Å². The first-order valence-corrected chi connectivity index (χ1v) is 9.82. The van der Waals surface area contributed by atoms with Crippen molar-refractivity contribution in [2.45, 2.75) is 19.8 Å². The molecule has 4 rings (SSSR count). The summed E-state index contributed by atoms with van der Waals surface area (Å²) >= 11 is 1.48. The highest BCUT2D eigenvalue weighted by molar-refractivity contribution is 7.10. The number of rotatable bonds is 5. The number of nitrogens with zero attached hydrogens (tertiary/aromatic N) is 1. The molecule has 2 aromatic carbocycles. The van der Waals surface area contributed by atoms with Crippen LogP contribution in [-0.2, 0) is 17.6 Å². The number of fused-ring (bicyclic) bond motifs is 1. The third kappa shape index (κ3) is 4.11. The van der Waals surface area contributed by atoms with Crippen LogP contribution >= 0.6 is 11.3 Å². The average Bonchev–Trinajstić information content (AvgIpc) is 3.16. The number of aryl methyl sites for hydroxylation is 1. The van der Waals surface area contributed by atoms with E-state index >= 15 is 0 Å². The number of hydrogen-bond donors (Lipinski definition) is 1. The molecule has 0 radical (unpaired) electrons. The van der Waals surface area contributed by atoms with Crippen molar-refractivity contribution >= 4 is 22.9 Å². The van der Waals surface area contributed by atoms with Crippen LogP contribution in [0.2, 0.25) is 0 Å². The second kappa shape index (κ2) is 7.80. The van der Waals surface area contributed by atoms with Gasteiger partial charge >= 0.3 is 0 Å². The number of carbonyl (C=O) groups is 1. The second-order valence-corrected chi connectivity index (χ2v) is 7.20. The van der Waals surface area contributed by atoms with Gasteiger partial charge in [0.05, 0.1) is 12.1 Å². The molecule has 0 saturated heterocycles. The van der Waals surface area contributed by atoms with E-state index in [1.165, 1.54) is 16.9 Å². The number of benzene rings is 2. The van der Waals surface area contributed by atoms with Crippen molar-refractivity contribution < 1.29 is 14.3 Å². The summed E-state index contributed by atoms with van der Waals surface area (Å²) < 4.78 is 11.2. The van der Waals surface area contributed by atoms with E-state index in [9.17, 15) is 4.79 Å². The predicted octanol–water partition coefficient (Wildman–Crippen LogP) is 4.32. The zero-order valence-electron chi connectivity index (χ0n) is 15.0. The van der Waals surface area contributed by atoms with Gasteiger partial charge in [0, 0.05) is 16.6 Å². The number of nitrogens with one attached hydrogen (secondary N) is 1. The van der Waals surface area contributed by atoms with E-state index in [0.29, 0.717) is 13.2 Å². The molecule has 1 amide bonds. The van der Waals surface area contributed by atoms with E-state index in [0.717, 1.165) is 39.9 Å². The Kier molecular flexibility index (Phi) is 5.07. The molecule has 27 heavy (non-hydrogen) atoms. The number of thiazole rings is 1. The van der Waals surface area contributed by atoms with E-state index < -0.39 is 0 Å². The van der Waals surface area contributed by atoms with Crippen LogP contribution in [0, 0.1) is 0 Å². The van der Waals surface area contributed by atoms with Crippen molar-refractivity contribution in [1.29, 1.82) is 0 Å². The van der Waals surface area contributed by atoms with Gasteiger partial charge in [-0.05, 0) is 42.3 Å². The molecule has 1 aromatic heterocycles. The van der Waals surface area contributed by atoms with Gasteiger partial charge in [-0.2, -0.15) is 0 Å². The summed E-state index contributed by atoms with van der Waals surface area (Å²) in [5, 5.41) is 5.67. The van der Waals surface area contributed by atoms with Crippen LogP contribution in [0.5, 0.6) is 11.5 Å². The summed E-state index contributed by atoms with van der Waals surface area (Å²) in [7, 11) is 0. The Hall–Kier alpha value is -2.86. The lowest BCUT2D eigenvalue weighted by atomic mass is 10.1. The van der Waals surface area contributed by atoms with Gasteiger partial charge in [-0.3, -0.25) is 4.79 Å². The predicted molar refractivity (Wildman–Crippen MR) is 107 cm³/mol. The van der Waals surface area contributed by atoms with E-state index in [1.54, 1.807) is 0 Å². The minimum absolute atomic E-state index is 0.0673.